The molecule has 4 heteroatoms. The van der Waals surface area contributed by atoms with Crippen LogP contribution in [0.3, 0.4) is 0 Å². The average molecular weight is 322 g/mol. The van der Waals surface area contributed by atoms with Gasteiger partial charge in [0.05, 0.1) is 10.2 Å². The van der Waals surface area contributed by atoms with Gasteiger partial charge in [0.15, 0.2) is 0 Å². The van der Waals surface area contributed by atoms with Crippen molar-refractivity contribution in [3.63, 3.8) is 0 Å². The maximum atomic E-state index is 11.7. The van der Waals surface area contributed by atoms with Crippen molar-refractivity contribution in [2.75, 3.05) is 5.32 Å². The average Bonchev–Trinajstić information content (AvgIpc) is 2.96. The lowest BCUT2D eigenvalue weighted by Gasteiger charge is -2.04. The number of fused-ring (bicyclic) bond motifs is 1. The first-order valence-corrected chi connectivity index (χ1v) is 8.36. The summed E-state index contributed by atoms with van der Waals surface area (Å²) in [6.45, 7) is 5.71. The fourth-order valence-corrected chi connectivity index (χ4v) is 3.38. The van der Waals surface area contributed by atoms with Crippen LogP contribution in [0.2, 0.25) is 0 Å². The molecule has 0 saturated heterocycles. The van der Waals surface area contributed by atoms with Gasteiger partial charge in [0.25, 0.3) is 0 Å². The van der Waals surface area contributed by atoms with Crippen LogP contribution in [0.15, 0.2) is 55.1 Å². The van der Waals surface area contributed by atoms with Crippen LogP contribution < -0.4 is 5.32 Å². The molecule has 0 saturated carbocycles. The Kier molecular flexibility index (Phi) is 4.53. The van der Waals surface area contributed by atoms with E-state index in [1.165, 1.54) is 10.3 Å². The third kappa shape index (κ3) is 3.66. The number of hydrogen-bond acceptors (Lipinski definition) is 3. The maximum absolute atomic E-state index is 11.7. The van der Waals surface area contributed by atoms with E-state index >= 15 is 0 Å². The third-order valence-electron chi connectivity index (χ3n) is 3.54. The maximum Gasteiger partial charge on any atom is 0.224 e. The lowest BCUT2D eigenvalue weighted by Crippen LogP contribution is -2.10. The van der Waals surface area contributed by atoms with Crippen molar-refractivity contribution < 1.29 is 4.79 Å². The third-order valence-corrected chi connectivity index (χ3v) is 4.60. The molecule has 3 nitrogen and oxygen atoms in total. The summed E-state index contributed by atoms with van der Waals surface area (Å²) < 4.78 is 1.20. The molecule has 0 radical (unpaired) electrons. The summed E-state index contributed by atoms with van der Waals surface area (Å²) in [4.78, 5) is 16.4. The molecular formula is C19H18N2OS. The summed E-state index contributed by atoms with van der Waals surface area (Å²) in [5.41, 5.74) is 4.13. The van der Waals surface area contributed by atoms with Crippen molar-refractivity contribution in [3.05, 3.63) is 60.7 Å². The molecule has 0 unspecified atom stereocenters. The number of nitrogens with zero attached hydrogens (tertiary/aromatic N) is 1. The highest BCUT2D eigenvalue weighted by molar-refractivity contribution is 7.21. The van der Waals surface area contributed by atoms with Crippen LogP contribution in [0, 0.1) is 6.92 Å². The molecule has 0 aliphatic carbocycles. The minimum atomic E-state index is 0.00751. The fourth-order valence-electron chi connectivity index (χ4n) is 2.31. The zero-order chi connectivity index (χ0) is 16.2. The molecule has 0 spiro atoms. The molecular weight excluding hydrogens is 304 g/mol. The van der Waals surface area contributed by atoms with E-state index in [9.17, 15) is 4.79 Å². The molecule has 1 heterocycles. The molecule has 1 N–H and O–H groups in total. The van der Waals surface area contributed by atoms with Crippen LogP contribution >= 0.6 is 11.3 Å². The number of amides is 1. The molecule has 0 aliphatic heterocycles. The number of aromatic nitrogens is 1. The van der Waals surface area contributed by atoms with E-state index < -0.39 is 0 Å². The first-order chi connectivity index (χ1) is 11.2. The summed E-state index contributed by atoms with van der Waals surface area (Å²) in [5, 5.41) is 3.88. The first kappa shape index (κ1) is 15.4. The highest BCUT2D eigenvalue weighted by Crippen LogP contribution is 2.31. The number of carbonyl (C=O) groups is 1. The molecule has 3 rings (SSSR count). The van der Waals surface area contributed by atoms with E-state index in [1.807, 2.05) is 24.3 Å². The first-order valence-electron chi connectivity index (χ1n) is 7.54. The Hall–Kier alpha value is -2.46. The number of allylic oxidation sites excluding steroid dienone is 1. The summed E-state index contributed by atoms with van der Waals surface area (Å²) in [5.74, 6) is 0.00751. The SMILES string of the molecule is C=CCCC(=O)Nc1ccc(-c2nc3ccc(C)cc3s2)cc1. The molecule has 0 atom stereocenters. The lowest BCUT2D eigenvalue weighted by molar-refractivity contribution is -0.116. The van der Waals surface area contributed by atoms with Crippen LogP contribution in [-0.4, -0.2) is 10.9 Å². The molecule has 116 valence electrons. The molecule has 0 fully saturated rings. The number of anilines is 1. The van der Waals surface area contributed by atoms with Crippen molar-refractivity contribution in [1.82, 2.24) is 4.98 Å². The molecule has 0 aliphatic rings. The van der Waals surface area contributed by atoms with Crippen molar-refractivity contribution in [3.8, 4) is 10.6 Å². The predicted octanol–water partition coefficient (Wildman–Crippen LogP) is 5.18. The Morgan fingerprint density at radius 1 is 1.26 bits per heavy atom. The van der Waals surface area contributed by atoms with Crippen LogP contribution in [-0.2, 0) is 4.79 Å². The van der Waals surface area contributed by atoms with Gasteiger partial charge in [-0.1, -0.05) is 12.1 Å². The molecule has 1 aromatic heterocycles. The van der Waals surface area contributed by atoms with Crippen molar-refractivity contribution in [1.29, 1.82) is 0 Å². The largest absolute Gasteiger partial charge is 0.326 e. The Morgan fingerprint density at radius 3 is 2.78 bits per heavy atom. The summed E-state index contributed by atoms with van der Waals surface area (Å²) >= 11 is 1.69. The van der Waals surface area contributed by atoms with E-state index in [1.54, 1.807) is 17.4 Å². The van der Waals surface area contributed by atoms with E-state index in [0.717, 1.165) is 21.8 Å². The van der Waals surface area contributed by atoms with Crippen LogP contribution in [0.4, 0.5) is 5.69 Å². The Morgan fingerprint density at radius 2 is 2.04 bits per heavy atom. The topological polar surface area (TPSA) is 42.0 Å². The van der Waals surface area contributed by atoms with Gasteiger partial charge in [-0.25, -0.2) is 4.98 Å². The van der Waals surface area contributed by atoms with E-state index in [2.05, 4.69) is 42.0 Å². The van der Waals surface area contributed by atoms with Crippen molar-refractivity contribution in [2.45, 2.75) is 19.8 Å². The van der Waals surface area contributed by atoms with Gasteiger partial charge in [-0.15, -0.1) is 17.9 Å². The predicted molar refractivity (Wildman–Crippen MR) is 97.9 cm³/mol. The summed E-state index contributed by atoms with van der Waals surface area (Å²) in [6, 6.07) is 14.1. The van der Waals surface area contributed by atoms with E-state index in [0.29, 0.717) is 12.8 Å². The Bertz CT molecular complexity index is 849. The quantitative estimate of drug-likeness (QED) is 0.658. The highest BCUT2D eigenvalue weighted by atomic mass is 32.1. The van der Waals surface area contributed by atoms with E-state index in [-0.39, 0.29) is 5.91 Å². The highest BCUT2D eigenvalue weighted by Gasteiger charge is 2.07. The number of nitrogens with one attached hydrogen (secondary N) is 1. The number of hydrogen-bond donors (Lipinski definition) is 1. The van der Waals surface area contributed by atoms with Crippen LogP contribution in [0.5, 0.6) is 0 Å². The minimum absolute atomic E-state index is 0.00751. The van der Waals surface area contributed by atoms with Gasteiger partial charge in [-0.3, -0.25) is 4.79 Å². The lowest BCUT2D eigenvalue weighted by atomic mass is 10.2. The Labute approximate surface area is 139 Å². The van der Waals surface area contributed by atoms with Gasteiger partial charge in [0.2, 0.25) is 5.91 Å². The van der Waals surface area contributed by atoms with Crippen LogP contribution in [0.25, 0.3) is 20.8 Å². The second-order valence-corrected chi connectivity index (χ2v) is 6.47. The molecule has 3 aromatic rings. The number of rotatable bonds is 5. The normalized spacial score (nSPS) is 10.7. The second-order valence-electron chi connectivity index (χ2n) is 5.44. The zero-order valence-corrected chi connectivity index (χ0v) is 13.8. The summed E-state index contributed by atoms with van der Waals surface area (Å²) in [7, 11) is 0. The standard InChI is InChI=1S/C19H18N2OS/c1-3-4-5-18(22)20-15-9-7-14(8-10-15)19-21-16-11-6-13(2)12-17(16)23-19/h3,6-12H,1,4-5H2,2H3,(H,20,22). The van der Waals surface area contributed by atoms with Crippen molar-refractivity contribution in [2.24, 2.45) is 0 Å². The molecule has 2 aromatic carbocycles. The monoisotopic (exact) mass is 322 g/mol. The van der Waals surface area contributed by atoms with Gasteiger partial charge in [-0.2, -0.15) is 0 Å². The number of thiazole rings is 1. The number of aryl methyl sites for hydroxylation is 1. The Balaban J connectivity index is 1.77. The fraction of sp³-hybridized carbons (Fsp3) is 0.158. The molecule has 0 bridgehead atoms. The van der Waals surface area contributed by atoms with Gasteiger partial charge in [-0.05, 0) is 55.3 Å². The van der Waals surface area contributed by atoms with Crippen molar-refractivity contribution >= 4 is 33.1 Å². The van der Waals surface area contributed by atoms with E-state index in [4.69, 9.17) is 0 Å². The zero-order valence-electron chi connectivity index (χ0n) is 13.0. The molecule has 23 heavy (non-hydrogen) atoms. The molecule has 1 amide bonds. The van der Waals surface area contributed by atoms with Crippen LogP contribution in [0.1, 0.15) is 18.4 Å². The smallest absolute Gasteiger partial charge is 0.224 e. The second kappa shape index (κ2) is 6.75. The van der Waals surface area contributed by atoms with Gasteiger partial charge in [0, 0.05) is 17.7 Å². The number of carbonyl (C=O) groups excluding carboxylic acids is 1. The summed E-state index contributed by atoms with van der Waals surface area (Å²) in [6.07, 6.45) is 2.90. The van der Waals surface area contributed by atoms with Gasteiger partial charge < -0.3 is 5.32 Å². The number of benzene rings is 2. The minimum Gasteiger partial charge on any atom is -0.326 e. The van der Waals surface area contributed by atoms with Gasteiger partial charge in [0.1, 0.15) is 5.01 Å². The van der Waals surface area contributed by atoms with Gasteiger partial charge >= 0.3 is 0 Å².